The third-order valence-corrected chi connectivity index (χ3v) is 10.6. The van der Waals surface area contributed by atoms with Crippen molar-refractivity contribution in [3.8, 4) is 0 Å². The fraction of sp³-hybridized carbons (Fsp3) is 0.936. The van der Waals surface area contributed by atoms with Crippen molar-refractivity contribution in [1.82, 2.24) is 0 Å². The average molecular weight is 751 g/mol. The van der Waals surface area contributed by atoms with E-state index in [4.69, 9.17) is 14.2 Å². The molecule has 6 nitrogen and oxygen atoms in total. The molecule has 0 aromatic heterocycles. The summed E-state index contributed by atoms with van der Waals surface area (Å²) in [5.41, 5.74) is 0. The van der Waals surface area contributed by atoms with E-state index in [2.05, 4.69) is 20.8 Å². The molecule has 0 amide bonds. The molecule has 0 rings (SSSR count). The van der Waals surface area contributed by atoms with Crippen LogP contribution in [0, 0.1) is 0 Å². The first kappa shape index (κ1) is 51.4. The van der Waals surface area contributed by atoms with Gasteiger partial charge in [0, 0.05) is 19.3 Å². The van der Waals surface area contributed by atoms with E-state index in [1.165, 1.54) is 167 Å². The summed E-state index contributed by atoms with van der Waals surface area (Å²) in [4.78, 5) is 37.6. The maximum absolute atomic E-state index is 12.6. The Labute approximate surface area is 329 Å². The minimum absolute atomic E-state index is 0.0629. The first-order valence-electron chi connectivity index (χ1n) is 23.5. The maximum atomic E-state index is 12.6. The van der Waals surface area contributed by atoms with Crippen LogP contribution in [0.4, 0.5) is 0 Å². The van der Waals surface area contributed by atoms with Crippen molar-refractivity contribution in [2.24, 2.45) is 0 Å². The van der Waals surface area contributed by atoms with Crippen LogP contribution in [-0.2, 0) is 28.6 Å². The van der Waals surface area contributed by atoms with Crippen LogP contribution in [0.3, 0.4) is 0 Å². The lowest BCUT2D eigenvalue weighted by atomic mass is 10.0. The zero-order valence-corrected chi connectivity index (χ0v) is 35.8. The predicted octanol–water partition coefficient (Wildman–Crippen LogP) is 14.9. The van der Waals surface area contributed by atoms with Crippen LogP contribution in [0.2, 0.25) is 0 Å². The van der Waals surface area contributed by atoms with Crippen LogP contribution < -0.4 is 0 Å². The van der Waals surface area contributed by atoms with Gasteiger partial charge in [0.1, 0.15) is 13.2 Å². The molecule has 0 saturated heterocycles. The summed E-state index contributed by atoms with van der Waals surface area (Å²) < 4.78 is 16.7. The Balaban J connectivity index is 4.21. The van der Waals surface area contributed by atoms with E-state index in [0.29, 0.717) is 19.3 Å². The summed E-state index contributed by atoms with van der Waals surface area (Å²) in [6, 6.07) is 0. The van der Waals surface area contributed by atoms with Gasteiger partial charge in [-0.25, -0.2) is 0 Å². The number of carbonyl (C=O) groups excluding carboxylic acids is 3. The van der Waals surface area contributed by atoms with Crippen molar-refractivity contribution in [2.45, 2.75) is 271 Å². The van der Waals surface area contributed by atoms with Gasteiger partial charge in [-0.3, -0.25) is 14.4 Å². The zero-order valence-electron chi connectivity index (χ0n) is 35.8. The van der Waals surface area contributed by atoms with Crippen LogP contribution in [0.15, 0.2) is 0 Å². The standard InChI is InChI=1S/C47H90O6/c1-4-7-10-13-16-19-20-21-22-23-24-25-26-29-31-34-37-40-46(49)52-43-44(53-47(50)41-38-35-32-28-18-15-12-9-6-3)42-51-45(48)39-36-33-30-27-17-14-11-8-5-2/h44H,4-43H2,1-3H3/t44-/m1/s1. The van der Waals surface area contributed by atoms with Gasteiger partial charge in [-0.15, -0.1) is 0 Å². The van der Waals surface area contributed by atoms with E-state index >= 15 is 0 Å². The topological polar surface area (TPSA) is 78.9 Å². The Morgan fingerprint density at radius 1 is 0.302 bits per heavy atom. The summed E-state index contributed by atoms with van der Waals surface area (Å²) in [7, 11) is 0. The molecular formula is C47H90O6. The number of carbonyl (C=O) groups is 3. The first-order valence-corrected chi connectivity index (χ1v) is 23.5. The molecule has 314 valence electrons. The Morgan fingerprint density at radius 2 is 0.509 bits per heavy atom. The van der Waals surface area contributed by atoms with E-state index in [-0.39, 0.29) is 31.1 Å². The molecular weight excluding hydrogens is 661 g/mol. The van der Waals surface area contributed by atoms with Gasteiger partial charge in [0.2, 0.25) is 0 Å². The second kappa shape index (κ2) is 43.1. The van der Waals surface area contributed by atoms with Gasteiger partial charge in [0.25, 0.3) is 0 Å². The van der Waals surface area contributed by atoms with E-state index < -0.39 is 6.10 Å². The minimum Gasteiger partial charge on any atom is -0.462 e. The van der Waals surface area contributed by atoms with Gasteiger partial charge >= 0.3 is 17.9 Å². The lowest BCUT2D eigenvalue weighted by Gasteiger charge is -2.18. The Morgan fingerprint density at radius 3 is 0.755 bits per heavy atom. The van der Waals surface area contributed by atoms with Crippen LogP contribution in [0.5, 0.6) is 0 Å². The molecule has 0 saturated carbocycles. The normalized spacial score (nSPS) is 11.8. The summed E-state index contributed by atoms with van der Waals surface area (Å²) in [5.74, 6) is -0.855. The number of esters is 3. The second-order valence-corrected chi connectivity index (χ2v) is 16.0. The smallest absolute Gasteiger partial charge is 0.306 e. The number of unbranched alkanes of at least 4 members (excludes halogenated alkanes) is 32. The van der Waals surface area contributed by atoms with Crippen molar-refractivity contribution >= 4 is 17.9 Å². The van der Waals surface area contributed by atoms with E-state index in [1.54, 1.807) is 0 Å². The van der Waals surface area contributed by atoms with E-state index in [0.717, 1.165) is 57.8 Å². The van der Waals surface area contributed by atoms with Crippen molar-refractivity contribution in [1.29, 1.82) is 0 Å². The highest BCUT2D eigenvalue weighted by molar-refractivity contribution is 5.71. The van der Waals surface area contributed by atoms with Gasteiger partial charge in [0.05, 0.1) is 0 Å². The Kier molecular flexibility index (Phi) is 41.8. The summed E-state index contributed by atoms with van der Waals surface area (Å²) in [5, 5.41) is 0. The molecule has 0 radical (unpaired) electrons. The molecule has 1 atom stereocenters. The molecule has 0 aromatic rings. The maximum Gasteiger partial charge on any atom is 0.306 e. The van der Waals surface area contributed by atoms with Crippen LogP contribution in [0.25, 0.3) is 0 Å². The molecule has 0 bridgehead atoms. The highest BCUT2D eigenvalue weighted by Gasteiger charge is 2.19. The molecule has 53 heavy (non-hydrogen) atoms. The highest BCUT2D eigenvalue weighted by atomic mass is 16.6. The van der Waals surface area contributed by atoms with E-state index in [1.807, 2.05) is 0 Å². The SMILES string of the molecule is CCCCCCCCCCCCCCCCCCCC(=O)OC[C@@H](COC(=O)CCCCCCCCCCC)OC(=O)CCCCCCCCCCC. The summed E-state index contributed by atoms with van der Waals surface area (Å²) in [6.07, 6.45) is 43.8. The number of rotatable bonds is 43. The molecule has 0 spiro atoms. The second-order valence-electron chi connectivity index (χ2n) is 16.0. The quantitative estimate of drug-likeness (QED) is 0.0351. The lowest BCUT2D eigenvalue weighted by molar-refractivity contribution is -0.167. The number of hydrogen-bond acceptors (Lipinski definition) is 6. The molecule has 0 N–H and O–H groups in total. The number of ether oxygens (including phenoxy) is 3. The van der Waals surface area contributed by atoms with Gasteiger partial charge in [-0.1, -0.05) is 226 Å². The highest BCUT2D eigenvalue weighted by Crippen LogP contribution is 2.16. The molecule has 0 aliphatic rings. The van der Waals surface area contributed by atoms with Crippen LogP contribution in [0.1, 0.15) is 265 Å². The van der Waals surface area contributed by atoms with Crippen molar-refractivity contribution in [2.75, 3.05) is 13.2 Å². The monoisotopic (exact) mass is 751 g/mol. The molecule has 0 aromatic carbocycles. The van der Waals surface area contributed by atoms with Crippen molar-refractivity contribution in [3.05, 3.63) is 0 Å². The summed E-state index contributed by atoms with van der Waals surface area (Å²) in [6.45, 7) is 6.62. The minimum atomic E-state index is -0.757. The molecule has 0 aliphatic carbocycles. The Bertz CT molecular complexity index is 783. The lowest BCUT2D eigenvalue weighted by Crippen LogP contribution is -2.30. The fourth-order valence-corrected chi connectivity index (χ4v) is 7.03. The first-order chi connectivity index (χ1) is 26.0. The molecule has 0 unspecified atom stereocenters. The number of hydrogen-bond donors (Lipinski definition) is 0. The average Bonchev–Trinajstić information content (AvgIpc) is 3.15. The third kappa shape index (κ3) is 41.4. The molecule has 6 heteroatoms. The van der Waals surface area contributed by atoms with Gasteiger partial charge < -0.3 is 14.2 Å². The summed E-state index contributed by atoms with van der Waals surface area (Å²) >= 11 is 0. The molecule has 0 aliphatic heterocycles. The van der Waals surface area contributed by atoms with E-state index in [9.17, 15) is 14.4 Å². The van der Waals surface area contributed by atoms with Crippen molar-refractivity contribution in [3.63, 3.8) is 0 Å². The molecule has 0 fully saturated rings. The largest absolute Gasteiger partial charge is 0.462 e. The fourth-order valence-electron chi connectivity index (χ4n) is 7.03. The van der Waals surface area contributed by atoms with Gasteiger partial charge in [0.15, 0.2) is 6.10 Å². The van der Waals surface area contributed by atoms with Gasteiger partial charge in [-0.05, 0) is 19.3 Å². The third-order valence-electron chi connectivity index (χ3n) is 10.6. The van der Waals surface area contributed by atoms with Crippen molar-refractivity contribution < 1.29 is 28.6 Å². The van der Waals surface area contributed by atoms with Crippen LogP contribution in [-0.4, -0.2) is 37.2 Å². The zero-order chi connectivity index (χ0) is 38.7. The van der Waals surface area contributed by atoms with Crippen LogP contribution >= 0.6 is 0 Å². The predicted molar refractivity (Wildman–Crippen MR) is 224 cm³/mol. The molecule has 0 heterocycles. The van der Waals surface area contributed by atoms with Gasteiger partial charge in [-0.2, -0.15) is 0 Å². The Hall–Kier alpha value is -1.59.